The summed E-state index contributed by atoms with van der Waals surface area (Å²) >= 11 is 4.69. The van der Waals surface area contributed by atoms with E-state index in [4.69, 9.17) is 0 Å². The maximum Gasteiger partial charge on any atom is 0.264 e. The smallest absolute Gasteiger partial charge is 0.264 e. The van der Waals surface area contributed by atoms with Crippen LogP contribution in [0.15, 0.2) is 9.79 Å². The van der Waals surface area contributed by atoms with E-state index in [9.17, 15) is 9.90 Å². The molecule has 0 aliphatic rings. The molecule has 0 saturated heterocycles. The van der Waals surface area contributed by atoms with Gasteiger partial charge in [-0.15, -0.1) is 0 Å². The largest absolute Gasteiger partial charge is 0.494 e. The highest BCUT2D eigenvalue weighted by Crippen LogP contribution is 2.09. The molecule has 0 radical (unpaired) electrons. The molecule has 1 aromatic rings. The van der Waals surface area contributed by atoms with Gasteiger partial charge in [0.2, 0.25) is 5.88 Å². The molecule has 5 nitrogen and oxygen atoms in total. The third-order valence-electron chi connectivity index (χ3n) is 1.54. The quantitative estimate of drug-likeness (QED) is 0.500. The second kappa shape index (κ2) is 3.98. The Morgan fingerprint density at radius 3 is 2.47 bits per heavy atom. The zero-order valence-corrected chi connectivity index (χ0v) is 9.60. The number of aliphatic imine (C=N–C) groups is 1. The maximum atomic E-state index is 11.4. The van der Waals surface area contributed by atoms with Crippen molar-refractivity contribution in [1.82, 2.24) is 9.97 Å². The SMILES string of the molecule is CC(C)(C)N=Cc1c(O)[nH]c(=S)[nH]c1=O. The summed E-state index contributed by atoms with van der Waals surface area (Å²) in [7, 11) is 0. The molecule has 82 valence electrons. The molecule has 1 aromatic heterocycles. The van der Waals surface area contributed by atoms with E-state index in [0.29, 0.717) is 0 Å². The molecule has 0 bridgehead atoms. The van der Waals surface area contributed by atoms with Crippen LogP contribution in [0.2, 0.25) is 0 Å². The summed E-state index contributed by atoms with van der Waals surface area (Å²) in [6.45, 7) is 5.67. The molecule has 1 rings (SSSR count). The summed E-state index contributed by atoms with van der Waals surface area (Å²) < 4.78 is 0.0883. The fourth-order valence-electron chi connectivity index (χ4n) is 0.862. The number of hydrogen-bond donors (Lipinski definition) is 3. The minimum atomic E-state index is -0.454. The van der Waals surface area contributed by atoms with E-state index in [1.165, 1.54) is 6.21 Å². The van der Waals surface area contributed by atoms with Gasteiger partial charge in [0.05, 0.1) is 5.54 Å². The molecule has 0 saturated carbocycles. The monoisotopic (exact) mass is 227 g/mol. The van der Waals surface area contributed by atoms with Crippen molar-refractivity contribution >= 4 is 18.4 Å². The van der Waals surface area contributed by atoms with E-state index in [1.807, 2.05) is 20.8 Å². The van der Waals surface area contributed by atoms with Gasteiger partial charge in [-0.05, 0) is 33.0 Å². The highest BCUT2D eigenvalue weighted by atomic mass is 32.1. The Morgan fingerprint density at radius 2 is 2.00 bits per heavy atom. The molecule has 0 fully saturated rings. The Hall–Kier alpha value is -1.43. The Kier molecular flexibility index (Phi) is 3.09. The third kappa shape index (κ3) is 3.32. The fourth-order valence-corrected chi connectivity index (χ4v) is 1.05. The molecule has 15 heavy (non-hydrogen) atoms. The first-order valence-electron chi connectivity index (χ1n) is 4.40. The predicted molar refractivity (Wildman–Crippen MR) is 61.3 cm³/mol. The molecule has 3 N–H and O–H groups in total. The summed E-state index contributed by atoms with van der Waals surface area (Å²) in [4.78, 5) is 20.3. The van der Waals surface area contributed by atoms with Gasteiger partial charge in [-0.1, -0.05) is 0 Å². The van der Waals surface area contributed by atoms with Gasteiger partial charge in [0.1, 0.15) is 5.56 Å². The molecule has 0 unspecified atom stereocenters. The average molecular weight is 227 g/mol. The Bertz CT molecular complexity index is 493. The van der Waals surface area contributed by atoms with Crippen LogP contribution < -0.4 is 5.56 Å². The normalized spacial score (nSPS) is 12.2. The standard InChI is InChI=1S/C9H13N3O2S/c1-9(2,3)10-4-5-6(13)11-8(15)12-7(5)14/h4H,1-3H3,(H3,11,12,13,14,15). The minimum Gasteiger partial charge on any atom is -0.494 e. The van der Waals surface area contributed by atoms with Crippen LogP contribution in [0.4, 0.5) is 0 Å². The zero-order valence-electron chi connectivity index (χ0n) is 8.79. The molecular weight excluding hydrogens is 214 g/mol. The van der Waals surface area contributed by atoms with Crippen molar-refractivity contribution in [2.45, 2.75) is 26.3 Å². The van der Waals surface area contributed by atoms with E-state index in [-0.39, 0.29) is 21.8 Å². The van der Waals surface area contributed by atoms with Crippen molar-refractivity contribution in [3.63, 3.8) is 0 Å². The number of H-pyrrole nitrogens is 2. The Morgan fingerprint density at radius 1 is 1.40 bits per heavy atom. The van der Waals surface area contributed by atoms with Gasteiger partial charge >= 0.3 is 0 Å². The van der Waals surface area contributed by atoms with Crippen molar-refractivity contribution in [2.24, 2.45) is 4.99 Å². The van der Waals surface area contributed by atoms with Gasteiger partial charge in [0.25, 0.3) is 5.56 Å². The molecule has 1 heterocycles. The fraction of sp³-hybridized carbons (Fsp3) is 0.444. The molecule has 0 spiro atoms. The predicted octanol–water partition coefficient (Wildman–Crippen LogP) is 1.36. The van der Waals surface area contributed by atoms with Crippen LogP contribution in [-0.4, -0.2) is 26.8 Å². The van der Waals surface area contributed by atoms with Crippen LogP contribution in [0.3, 0.4) is 0 Å². The molecule has 0 amide bonds. The second-order valence-electron chi connectivity index (χ2n) is 4.10. The van der Waals surface area contributed by atoms with Crippen LogP contribution in [-0.2, 0) is 0 Å². The number of aromatic nitrogens is 2. The number of hydrogen-bond acceptors (Lipinski definition) is 4. The van der Waals surface area contributed by atoms with Crippen molar-refractivity contribution < 1.29 is 5.11 Å². The van der Waals surface area contributed by atoms with Gasteiger partial charge in [-0.3, -0.25) is 14.8 Å². The number of aromatic hydroxyl groups is 1. The van der Waals surface area contributed by atoms with Gasteiger partial charge in [-0.25, -0.2) is 0 Å². The number of nitrogens with zero attached hydrogens (tertiary/aromatic N) is 1. The molecule has 0 atom stereocenters. The van der Waals surface area contributed by atoms with Crippen molar-refractivity contribution in [1.29, 1.82) is 0 Å². The van der Waals surface area contributed by atoms with Crippen LogP contribution in [0.1, 0.15) is 26.3 Å². The topological polar surface area (TPSA) is 81.2 Å². The first-order valence-corrected chi connectivity index (χ1v) is 4.81. The lowest BCUT2D eigenvalue weighted by molar-refractivity contribution is 0.449. The van der Waals surface area contributed by atoms with Gasteiger partial charge in [-0.2, -0.15) is 0 Å². The van der Waals surface area contributed by atoms with Crippen LogP contribution in [0, 0.1) is 4.77 Å². The van der Waals surface area contributed by atoms with Crippen molar-refractivity contribution in [3.05, 3.63) is 20.7 Å². The van der Waals surface area contributed by atoms with Crippen LogP contribution in [0.25, 0.3) is 0 Å². The lowest BCUT2D eigenvalue weighted by Crippen LogP contribution is -2.16. The zero-order chi connectivity index (χ0) is 11.6. The van der Waals surface area contributed by atoms with E-state index in [0.717, 1.165) is 0 Å². The van der Waals surface area contributed by atoms with Crippen molar-refractivity contribution in [2.75, 3.05) is 0 Å². The highest BCUT2D eigenvalue weighted by molar-refractivity contribution is 7.71. The van der Waals surface area contributed by atoms with Crippen molar-refractivity contribution in [3.8, 4) is 5.88 Å². The van der Waals surface area contributed by atoms with Gasteiger partial charge < -0.3 is 10.1 Å². The molecule has 0 aliphatic heterocycles. The van der Waals surface area contributed by atoms with Gasteiger partial charge in [0, 0.05) is 6.21 Å². The Balaban J connectivity index is 3.23. The van der Waals surface area contributed by atoms with E-state index >= 15 is 0 Å². The molecular formula is C9H13N3O2S. The maximum absolute atomic E-state index is 11.4. The lowest BCUT2D eigenvalue weighted by Gasteiger charge is -2.10. The number of aromatic amines is 2. The third-order valence-corrected chi connectivity index (χ3v) is 1.74. The minimum absolute atomic E-state index is 0.0820. The van der Waals surface area contributed by atoms with Crippen LogP contribution >= 0.6 is 12.2 Å². The highest BCUT2D eigenvalue weighted by Gasteiger charge is 2.08. The average Bonchev–Trinajstić information content (AvgIpc) is 1.99. The second-order valence-corrected chi connectivity index (χ2v) is 4.51. The summed E-state index contributed by atoms with van der Waals surface area (Å²) in [5.41, 5.74) is -0.673. The number of rotatable bonds is 1. The lowest BCUT2D eigenvalue weighted by atomic mass is 10.1. The molecule has 0 aliphatic carbocycles. The molecule has 0 aromatic carbocycles. The van der Waals surface area contributed by atoms with E-state index < -0.39 is 5.56 Å². The Labute approximate surface area is 91.9 Å². The summed E-state index contributed by atoms with van der Waals surface area (Å²) in [5, 5.41) is 9.44. The molecule has 6 heteroatoms. The summed E-state index contributed by atoms with van der Waals surface area (Å²) in [6.07, 6.45) is 1.33. The van der Waals surface area contributed by atoms with E-state index in [2.05, 4.69) is 27.2 Å². The summed E-state index contributed by atoms with van der Waals surface area (Å²) in [6, 6.07) is 0. The van der Waals surface area contributed by atoms with Crippen LogP contribution in [0.5, 0.6) is 5.88 Å². The van der Waals surface area contributed by atoms with Gasteiger partial charge in [0.15, 0.2) is 4.77 Å². The number of nitrogens with one attached hydrogen (secondary N) is 2. The first-order chi connectivity index (χ1) is 6.79. The summed E-state index contributed by atoms with van der Waals surface area (Å²) in [5.74, 6) is -0.267. The van der Waals surface area contributed by atoms with E-state index in [1.54, 1.807) is 0 Å². The first kappa shape index (κ1) is 11.6.